The number of nitrogens with zero attached hydrogens (tertiary/aromatic N) is 4. The molecule has 2 saturated heterocycles. The van der Waals surface area contributed by atoms with Crippen molar-refractivity contribution in [3.63, 3.8) is 0 Å². The first-order valence-electron chi connectivity index (χ1n) is 10.9. The molecule has 1 N–H and O–H groups in total. The Balaban J connectivity index is 1.45. The third kappa shape index (κ3) is 3.80. The number of likely N-dealkylation sites (tertiary alicyclic amines) is 2. The van der Waals surface area contributed by atoms with E-state index in [1.54, 1.807) is 13.4 Å². The predicted molar refractivity (Wildman–Crippen MR) is 108 cm³/mol. The summed E-state index contributed by atoms with van der Waals surface area (Å²) in [5.74, 6) is 0.232. The third-order valence-electron chi connectivity index (χ3n) is 7.01. The Morgan fingerprint density at radius 1 is 1.17 bits per heavy atom. The number of amides is 2. The number of carbonyl (C=O) groups excluding carboxylic acids is 2. The van der Waals surface area contributed by atoms with E-state index in [9.17, 15) is 9.59 Å². The minimum absolute atomic E-state index is 0.00332. The zero-order valence-electron chi connectivity index (χ0n) is 17.7. The normalized spacial score (nSPS) is 22.7. The first kappa shape index (κ1) is 20.3. The topological polar surface area (TPSA) is 81.8 Å². The van der Waals surface area contributed by atoms with Crippen LogP contribution in [0.4, 0.5) is 0 Å². The average Bonchev–Trinajstić information content (AvgIpc) is 3.41. The van der Waals surface area contributed by atoms with E-state index >= 15 is 0 Å². The molecule has 160 valence electrons. The maximum absolute atomic E-state index is 12.9. The molecule has 29 heavy (non-hydrogen) atoms. The summed E-state index contributed by atoms with van der Waals surface area (Å²) in [5.41, 5.74) is 1.67. The molecule has 8 nitrogen and oxygen atoms in total. The van der Waals surface area contributed by atoms with Crippen molar-refractivity contribution in [3.05, 3.63) is 17.7 Å². The van der Waals surface area contributed by atoms with E-state index in [0.717, 1.165) is 43.7 Å². The molecule has 3 aliphatic heterocycles. The highest BCUT2D eigenvalue weighted by molar-refractivity contribution is 5.79. The number of aromatic amines is 1. The van der Waals surface area contributed by atoms with Gasteiger partial charge >= 0.3 is 0 Å². The Labute approximate surface area is 172 Å². The fourth-order valence-corrected chi connectivity index (χ4v) is 5.37. The summed E-state index contributed by atoms with van der Waals surface area (Å²) in [6.07, 6.45) is 7.01. The van der Waals surface area contributed by atoms with E-state index in [4.69, 9.17) is 4.74 Å². The fourth-order valence-electron chi connectivity index (χ4n) is 5.37. The molecule has 0 saturated carbocycles. The van der Waals surface area contributed by atoms with Crippen LogP contribution in [0, 0.1) is 0 Å². The van der Waals surface area contributed by atoms with Gasteiger partial charge < -0.3 is 24.4 Å². The second kappa shape index (κ2) is 8.44. The summed E-state index contributed by atoms with van der Waals surface area (Å²) in [4.78, 5) is 39.9. The molecule has 0 aromatic carbocycles. The van der Waals surface area contributed by atoms with Gasteiger partial charge in [-0.2, -0.15) is 0 Å². The highest BCUT2D eigenvalue weighted by Gasteiger charge is 2.49. The van der Waals surface area contributed by atoms with Crippen LogP contribution in [0.15, 0.2) is 6.33 Å². The molecule has 4 rings (SSSR count). The van der Waals surface area contributed by atoms with Crippen LogP contribution < -0.4 is 0 Å². The number of piperidine rings is 1. The maximum Gasteiger partial charge on any atom is 0.249 e. The van der Waals surface area contributed by atoms with E-state index in [0.29, 0.717) is 32.1 Å². The summed E-state index contributed by atoms with van der Waals surface area (Å²) in [6, 6.07) is 0.299. The summed E-state index contributed by atoms with van der Waals surface area (Å²) < 4.78 is 5.12. The van der Waals surface area contributed by atoms with Gasteiger partial charge in [0.15, 0.2) is 0 Å². The van der Waals surface area contributed by atoms with Crippen molar-refractivity contribution in [1.82, 2.24) is 24.7 Å². The molecule has 1 aromatic rings. The smallest absolute Gasteiger partial charge is 0.249 e. The Morgan fingerprint density at radius 3 is 2.59 bits per heavy atom. The molecule has 4 heterocycles. The van der Waals surface area contributed by atoms with Crippen molar-refractivity contribution in [3.8, 4) is 0 Å². The van der Waals surface area contributed by atoms with Crippen LogP contribution in [-0.2, 0) is 26.3 Å². The van der Waals surface area contributed by atoms with Crippen molar-refractivity contribution >= 4 is 11.8 Å². The van der Waals surface area contributed by atoms with E-state index in [1.807, 2.05) is 9.80 Å². The molecule has 0 bridgehead atoms. The number of methoxy groups -OCH3 is 1. The molecule has 2 amide bonds. The molecule has 0 unspecified atom stereocenters. The first-order chi connectivity index (χ1) is 14.0. The Hall–Kier alpha value is -1.93. The number of ether oxygens (including phenoxy) is 1. The quantitative estimate of drug-likeness (QED) is 0.797. The average molecular weight is 404 g/mol. The van der Waals surface area contributed by atoms with Gasteiger partial charge in [0.05, 0.1) is 17.6 Å². The minimum Gasteiger partial charge on any atom is -0.375 e. The number of carbonyl (C=O) groups is 2. The Bertz CT molecular complexity index is 734. The summed E-state index contributed by atoms with van der Waals surface area (Å²) in [7, 11) is 1.55. The van der Waals surface area contributed by atoms with Gasteiger partial charge in [0.2, 0.25) is 11.8 Å². The van der Waals surface area contributed by atoms with Crippen LogP contribution in [0.25, 0.3) is 0 Å². The van der Waals surface area contributed by atoms with Gasteiger partial charge in [0.25, 0.3) is 0 Å². The number of nitrogens with one attached hydrogen (secondary N) is 1. The number of fused-ring (bicyclic) bond motifs is 2. The minimum atomic E-state index is -0.430. The fraction of sp³-hybridized carbons (Fsp3) is 0.762. The van der Waals surface area contributed by atoms with Gasteiger partial charge in [-0.25, -0.2) is 4.98 Å². The standard InChI is InChI=1S/C21H33N5O3/c1-16(24-8-3-4-9-24)13-18(27)25-11-6-21(7-12-25)20-17(22-15-23-20)5-10-26(21)19(28)14-29-2/h15-16H,3-14H2,1-2H3,(H,22,23)/t16-/m0/s1. The Morgan fingerprint density at radius 2 is 1.90 bits per heavy atom. The van der Waals surface area contributed by atoms with Gasteiger partial charge in [0, 0.05) is 51.3 Å². The molecule has 1 atom stereocenters. The van der Waals surface area contributed by atoms with Gasteiger partial charge in [0.1, 0.15) is 6.61 Å². The molecule has 8 heteroatoms. The number of hydrogen-bond donors (Lipinski definition) is 1. The van der Waals surface area contributed by atoms with Crippen molar-refractivity contribution in [1.29, 1.82) is 0 Å². The molecule has 2 fully saturated rings. The zero-order valence-corrected chi connectivity index (χ0v) is 17.7. The summed E-state index contributed by atoms with van der Waals surface area (Å²) >= 11 is 0. The number of aromatic nitrogens is 2. The monoisotopic (exact) mass is 403 g/mol. The van der Waals surface area contributed by atoms with Crippen molar-refractivity contribution in [2.24, 2.45) is 0 Å². The predicted octanol–water partition coefficient (Wildman–Crippen LogP) is 1.13. The molecule has 1 spiro atoms. The van der Waals surface area contributed by atoms with E-state index < -0.39 is 5.54 Å². The lowest BCUT2D eigenvalue weighted by Crippen LogP contribution is -2.59. The summed E-state index contributed by atoms with van der Waals surface area (Å²) in [6.45, 7) is 6.45. The van der Waals surface area contributed by atoms with Crippen molar-refractivity contribution < 1.29 is 14.3 Å². The summed E-state index contributed by atoms with van der Waals surface area (Å²) in [5, 5.41) is 0. The van der Waals surface area contributed by atoms with E-state index in [-0.39, 0.29) is 18.4 Å². The van der Waals surface area contributed by atoms with Gasteiger partial charge in [-0.15, -0.1) is 0 Å². The van der Waals surface area contributed by atoms with Crippen LogP contribution in [0.1, 0.15) is 50.4 Å². The number of imidazole rings is 1. The Kier molecular flexibility index (Phi) is 5.92. The molecule has 3 aliphatic rings. The van der Waals surface area contributed by atoms with Crippen LogP contribution >= 0.6 is 0 Å². The zero-order chi connectivity index (χ0) is 20.4. The molecular formula is C21H33N5O3. The van der Waals surface area contributed by atoms with E-state index in [1.165, 1.54) is 12.8 Å². The lowest BCUT2D eigenvalue weighted by molar-refractivity contribution is -0.148. The highest BCUT2D eigenvalue weighted by atomic mass is 16.5. The molecule has 1 aromatic heterocycles. The van der Waals surface area contributed by atoms with Crippen LogP contribution in [0.2, 0.25) is 0 Å². The maximum atomic E-state index is 12.9. The van der Waals surface area contributed by atoms with Crippen LogP contribution in [-0.4, -0.2) is 89.0 Å². The molecule has 0 aliphatic carbocycles. The highest BCUT2D eigenvalue weighted by Crippen LogP contribution is 2.42. The third-order valence-corrected chi connectivity index (χ3v) is 7.01. The number of H-pyrrole nitrogens is 1. The number of hydrogen-bond acceptors (Lipinski definition) is 5. The van der Waals surface area contributed by atoms with Gasteiger partial charge in [-0.05, 0) is 45.7 Å². The molecular weight excluding hydrogens is 370 g/mol. The SMILES string of the molecule is COCC(=O)N1CCc2[nH]cnc2C12CCN(C(=O)C[C@H](C)N1CCCC1)CC2. The van der Waals surface area contributed by atoms with Gasteiger partial charge in [-0.3, -0.25) is 9.59 Å². The largest absolute Gasteiger partial charge is 0.375 e. The lowest BCUT2D eigenvalue weighted by atomic mass is 9.78. The van der Waals surface area contributed by atoms with Crippen molar-refractivity contribution in [2.45, 2.75) is 57.0 Å². The lowest BCUT2D eigenvalue weighted by Gasteiger charge is -2.50. The van der Waals surface area contributed by atoms with Gasteiger partial charge in [-0.1, -0.05) is 0 Å². The second-order valence-corrected chi connectivity index (χ2v) is 8.67. The number of rotatable bonds is 5. The van der Waals surface area contributed by atoms with E-state index in [2.05, 4.69) is 21.8 Å². The second-order valence-electron chi connectivity index (χ2n) is 8.67. The van der Waals surface area contributed by atoms with Crippen LogP contribution in [0.5, 0.6) is 0 Å². The first-order valence-corrected chi connectivity index (χ1v) is 10.9. The van der Waals surface area contributed by atoms with Crippen LogP contribution in [0.3, 0.4) is 0 Å². The van der Waals surface area contributed by atoms with Crippen molar-refractivity contribution in [2.75, 3.05) is 46.4 Å². The molecule has 0 radical (unpaired) electrons.